The fraction of sp³-hybridized carbons (Fsp3) is 0.385. The van der Waals surface area contributed by atoms with E-state index in [-0.39, 0.29) is 11.6 Å². The summed E-state index contributed by atoms with van der Waals surface area (Å²) in [6.45, 7) is 3.52. The van der Waals surface area contributed by atoms with E-state index in [2.05, 4.69) is 5.32 Å². The molecular formula is C13H14Cl3NO4. The molecule has 0 saturated heterocycles. The second kappa shape index (κ2) is 8.32. The number of ether oxygens (including phenoxy) is 2. The normalized spacial score (nSPS) is 11.9. The molecule has 1 amide bonds. The lowest BCUT2D eigenvalue weighted by atomic mass is 10.3. The van der Waals surface area contributed by atoms with E-state index in [1.54, 1.807) is 19.9 Å². The summed E-state index contributed by atoms with van der Waals surface area (Å²) in [5.74, 6) is -0.760. The van der Waals surface area contributed by atoms with Crippen LogP contribution < -0.4 is 10.1 Å². The standard InChI is InChI=1S/C13H14Cl3NO4/c1-3-20-13(19)7(2)21-10-5-4-8(6-9(10)14)17-12(18)11(15)16/h4-7,11H,3H2,1-2H3,(H,17,18). The molecule has 1 aromatic carbocycles. The highest BCUT2D eigenvalue weighted by molar-refractivity contribution is 6.54. The first kappa shape index (κ1) is 17.9. The van der Waals surface area contributed by atoms with Crippen molar-refractivity contribution in [2.24, 2.45) is 0 Å². The van der Waals surface area contributed by atoms with Crippen LogP contribution in [0, 0.1) is 0 Å². The summed E-state index contributed by atoms with van der Waals surface area (Å²) < 4.78 is 10.2. The second-order valence-corrected chi connectivity index (χ2v) is 5.45. The fourth-order valence-corrected chi connectivity index (χ4v) is 1.70. The van der Waals surface area contributed by atoms with Crippen molar-refractivity contribution in [2.45, 2.75) is 24.8 Å². The average Bonchev–Trinajstić information content (AvgIpc) is 2.41. The van der Waals surface area contributed by atoms with Gasteiger partial charge in [0, 0.05) is 5.69 Å². The lowest BCUT2D eigenvalue weighted by molar-refractivity contribution is -0.150. The van der Waals surface area contributed by atoms with Gasteiger partial charge < -0.3 is 14.8 Å². The van der Waals surface area contributed by atoms with Gasteiger partial charge in [-0.2, -0.15) is 0 Å². The van der Waals surface area contributed by atoms with Gasteiger partial charge in [0.05, 0.1) is 11.6 Å². The van der Waals surface area contributed by atoms with Crippen molar-refractivity contribution in [1.82, 2.24) is 0 Å². The first-order valence-corrected chi connectivity index (χ1v) is 7.32. The number of amides is 1. The molecule has 0 bridgehead atoms. The van der Waals surface area contributed by atoms with Crippen LogP contribution >= 0.6 is 34.8 Å². The van der Waals surface area contributed by atoms with Gasteiger partial charge >= 0.3 is 5.97 Å². The van der Waals surface area contributed by atoms with Gasteiger partial charge in [-0.25, -0.2) is 4.79 Å². The Morgan fingerprint density at radius 2 is 2.00 bits per heavy atom. The van der Waals surface area contributed by atoms with E-state index in [0.29, 0.717) is 11.4 Å². The number of alkyl halides is 2. The van der Waals surface area contributed by atoms with Crippen molar-refractivity contribution in [3.63, 3.8) is 0 Å². The lowest BCUT2D eigenvalue weighted by Crippen LogP contribution is -2.26. The number of benzene rings is 1. The van der Waals surface area contributed by atoms with Crippen LogP contribution in [-0.4, -0.2) is 29.4 Å². The molecule has 8 heteroatoms. The summed E-state index contributed by atoms with van der Waals surface area (Å²) in [5, 5.41) is 2.70. The molecular weight excluding hydrogens is 341 g/mol. The lowest BCUT2D eigenvalue weighted by Gasteiger charge is -2.15. The molecule has 5 nitrogen and oxygen atoms in total. The summed E-state index contributed by atoms with van der Waals surface area (Å²) >= 11 is 16.9. The number of anilines is 1. The number of carbonyl (C=O) groups is 2. The molecule has 1 rings (SSSR count). The van der Waals surface area contributed by atoms with Gasteiger partial charge in [0.15, 0.2) is 10.9 Å². The molecule has 1 atom stereocenters. The molecule has 116 valence electrons. The van der Waals surface area contributed by atoms with E-state index in [9.17, 15) is 9.59 Å². The fourth-order valence-electron chi connectivity index (χ4n) is 1.37. The predicted octanol–water partition coefficient (Wildman–Crippen LogP) is 3.41. The highest BCUT2D eigenvalue weighted by Crippen LogP contribution is 2.29. The molecule has 1 aromatic rings. The molecule has 0 spiro atoms. The largest absolute Gasteiger partial charge is 0.477 e. The third-order valence-electron chi connectivity index (χ3n) is 2.32. The number of rotatable bonds is 6. The molecule has 1 N–H and O–H groups in total. The number of esters is 1. The minimum absolute atomic E-state index is 0.227. The molecule has 0 aliphatic rings. The number of nitrogens with one attached hydrogen (secondary N) is 1. The van der Waals surface area contributed by atoms with E-state index >= 15 is 0 Å². The van der Waals surface area contributed by atoms with Crippen molar-refractivity contribution in [3.8, 4) is 5.75 Å². The second-order valence-electron chi connectivity index (χ2n) is 3.95. The third-order valence-corrected chi connectivity index (χ3v) is 3.01. The summed E-state index contributed by atoms with van der Waals surface area (Å²) in [4.78, 5) is 21.6. The summed E-state index contributed by atoms with van der Waals surface area (Å²) in [6, 6.07) is 4.53. The Labute approximate surface area is 137 Å². The molecule has 0 aliphatic carbocycles. The van der Waals surface area contributed by atoms with E-state index in [1.807, 2.05) is 0 Å². The van der Waals surface area contributed by atoms with Crippen LogP contribution in [0.4, 0.5) is 5.69 Å². The van der Waals surface area contributed by atoms with Crippen LogP contribution in [0.5, 0.6) is 5.75 Å². The van der Waals surface area contributed by atoms with E-state index < -0.39 is 22.8 Å². The van der Waals surface area contributed by atoms with Crippen molar-refractivity contribution in [1.29, 1.82) is 0 Å². The van der Waals surface area contributed by atoms with Gasteiger partial charge in [-0.1, -0.05) is 34.8 Å². The van der Waals surface area contributed by atoms with Crippen LogP contribution in [0.3, 0.4) is 0 Å². The zero-order valence-electron chi connectivity index (χ0n) is 11.4. The Balaban J connectivity index is 2.74. The molecule has 0 aliphatic heterocycles. The van der Waals surface area contributed by atoms with Gasteiger partial charge in [-0.3, -0.25) is 4.79 Å². The number of halogens is 3. The van der Waals surface area contributed by atoms with E-state index in [1.165, 1.54) is 12.1 Å². The van der Waals surface area contributed by atoms with Gasteiger partial charge in [-0.15, -0.1) is 0 Å². The number of hydrogen-bond acceptors (Lipinski definition) is 4. The van der Waals surface area contributed by atoms with Crippen molar-refractivity contribution in [2.75, 3.05) is 11.9 Å². The summed E-state index contributed by atoms with van der Waals surface area (Å²) in [7, 11) is 0. The summed E-state index contributed by atoms with van der Waals surface area (Å²) in [5.41, 5.74) is 0.410. The minimum atomic E-state index is -1.18. The SMILES string of the molecule is CCOC(=O)C(C)Oc1ccc(NC(=O)C(Cl)Cl)cc1Cl. The van der Waals surface area contributed by atoms with Crippen molar-refractivity contribution < 1.29 is 19.1 Å². The topological polar surface area (TPSA) is 64.6 Å². The Morgan fingerprint density at radius 1 is 1.33 bits per heavy atom. The highest BCUT2D eigenvalue weighted by Gasteiger charge is 2.18. The summed E-state index contributed by atoms with van der Waals surface area (Å²) in [6.07, 6.45) is -0.794. The molecule has 0 radical (unpaired) electrons. The molecule has 0 aromatic heterocycles. The Kier molecular flexibility index (Phi) is 7.08. The third kappa shape index (κ3) is 5.61. The van der Waals surface area contributed by atoms with Crippen LogP contribution in [-0.2, 0) is 14.3 Å². The highest BCUT2D eigenvalue weighted by atomic mass is 35.5. The Morgan fingerprint density at radius 3 is 2.52 bits per heavy atom. The van der Waals surface area contributed by atoms with Crippen LogP contribution in [0.15, 0.2) is 18.2 Å². The van der Waals surface area contributed by atoms with Gasteiger partial charge in [0.1, 0.15) is 5.75 Å². The minimum Gasteiger partial charge on any atom is -0.477 e. The number of hydrogen-bond donors (Lipinski definition) is 1. The van der Waals surface area contributed by atoms with E-state index in [0.717, 1.165) is 0 Å². The number of carbonyl (C=O) groups excluding carboxylic acids is 2. The predicted molar refractivity (Wildman–Crippen MR) is 82.3 cm³/mol. The maximum atomic E-state index is 11.5. The Bertz CT molecular complexity index is 522. The zero-order chi connectivity index (χ0) is 16.0. The first-order valence-electron chi connectivity index (χ1n) is 6.07. The van der Waals surface area contributed by atoms with Gasteiger partial charge in [-0.05, 0) is 32.0 Å². The van der Waals surface area contributed by atoms with Crippen LogP contribution in [0.25, 0.3) is 0 Å². The quantitative estimate of drug-likeness (QED) is 0.628. The van der Waals surface area contributed by atoms with Crippen molar-refractivity contribution in [3.05, 3.63) is 23.2 Å². The van der Waals surface area contributed by atoms with Crippen LogP contribution in [0.1, 0.15) is 13.8 Å². The van der Waals surface area contributed by atoms with Gasteiger partial charge in [0.25, 0.3) is 5.91 Å². The first-order chi connectivity index (χ1) is 9.85. The molecule has 1 unspecified atom stereocenters. The Hall–Kier alpha value is -1.17. The molecule has 0 saturated carbocycles. The van der Waals surface area contributed by atoms with Crippen molar-refractivity contribution >= 4 is 52.4 Å². The van der Waals surface area contributed by atoms with E-state index in [4.69, 9.17) is 44.3 Å². The smallest absolute Gasteiger partial charge is 0.347 e. The van der Waals surface area contributed by atoms with Gasteiger partial charge in [0.2, 0.25) is 0 Å². The maximum Gasteiger partial charge on any atom is 0.347 e. The zero-order valence-corrected chi connectivity index (χ0v) is 13.6. The van der Waals surface area contributed by atoms with Crippen LogP contribution in [0.2, 0.25) is 5.02 Å². The average molecular weight is 355 g/mol. The molecule has 0 heterocycles. The monoisotopic (exact) mass is 353 g/mol. The molecule has 0 fully saturated rings. The maximum absolute atomic E-state index is 11.5. The molecule has 21 heavy (non-hydrogen) atoms.